The van der Waals surface area contributed by atoms with Crippen molar-refractivity contribution >= 4 is 27.5 Å². The van der Waals surface area contributed by atoms with Crippen LogP contribution in [-0.4, -0.2) is 34.0 Å². The van der Waals surface area contributed by atoms with Crippen molar-refractivity contribution in [2.45, 2.75) is 17.7 Å². The standard InChI is InChI=1S/C12H20N2O2S2/c1-13-8-3-4-9-18(15,16)14-11-6-5-7-12(10-11)17-2/h5-7,10,13-14H,3-4,8-9H2,1-2H3. The van der Waals surface area contributed by atoms with Crippen LogP contribution in [0.4, 0.5) is 5.69 Å². The Hall–Kier alpha value is -0.720. The third-order valence-electron chi connectivity index (χ3n) is 2.43. The molecule has 0 spiro atoms. The van der Waals surface area contributed by atoms with Crippen LogP contribution >= 0.6 is 11.8 Å². The molecule has 0 heterocycles. The van der Waals surface area contributed by atoms with Crippen LogP contribution in [0.15, 0.2) is 29.2 Å². The maximum atomic E-state index is 11.8. The summed E-state index contributed by atoms with van der Waals surface area (Å²) in [6.07, 6.45) is 3.49. The van der Waals surface area contributed by atoms with Gasteiger partial charge in [-0.2, -0.15) is 0 Å². The Balaban J connectivity index is 2.53. The summed E-state index contributed by atoms with van der Waals surface area (Å²) in [5.74, 6) is 0.165. The molecule has 0 aliphatic carbocycles. The predicted octanol–water partition coefficient (Wildman–Crippen LogP) is 2.15. The predicted molar refractivity (Wildman–Crippen MR) is 78.8 cm³/mol. The largest absolute Gasteiger partial charge is 0.320 e. The van der Waals surface area contributed by atoms with Gasteiger partial charge in [0.1, 0.15) is 0 Å². The fourth-order valence-corrected chi connectivity index (χ4v) is 3.14. The molecule has 102 valence electrons. The molecule has 0 amide bonds. The van der Waals surface area contributed by atoms with Crippen molar-refractivity contribution in [1.29, 1.82) is 0 Å². The lowest BCUT2D eigenvalue weighted by Crippen LogP contribution is -2.18. The van der Waals surface area contributed by atoms with E-state index in [-0.39, 0.29) is 5.75 Å². The molecule has 0 bridgehead atoms. The molecular formula is C12H20N2O2S2. The molecule has 0 saturated carbocycles. The Morgan fingerprint density at radius 2 is 2.06 bits per heavy atom. The second-order valence-electron chi connectivity index (χ2n) is 3.96. The molecule has 0 unspecified atom stereocenters. The van der Waals surface area contributed by atoms with E-state index in [1.165, 1.54) is 0 Å². The number of nitrogens with one attached hydrogen (secondary N) is 2. The number of benzene rings is 1. The molecule has 6 heteroatoms. The van der Waals surface area contributed by atoms with E-state index in [2.05, 4.69) is 10.0 Å². The van der Waals surface area contributed by atoms with Crippen LogP contribution < -0.4 is 10.0 Å². The fourth-order valence-electron chi connectivity index (χ4n) is 1.51. The maximum absolute atomic E-state index is 11.8. The van der Waals surface area contributed by atoms with Gasteiger partial charge in [0.25, 0.3) is 0 Å². The lowest BCUT2D eigenvalue weighted by Gasteiger charge is -2.08. The van der Waals surface area contributed by atoms with Crippen molar-refractivity contribution in [3.63, 3.8) is 0 Å². The van der Waals surface area contributed by atoms with Crippen LogP contribution in [0.2, 0.25) is 0 Å². The number of thioether (sulfide) groups is 1. The number of sulfonamides is 1. The minimum absolute atomic E-state index is 0.165. The Bertz CT molecular complexity index is 461. The molecule has 1 aromatic carbocycles. The normalized spacial score (nSPS) is 11.4. The first-order valence-corrected chi connectivity index (χ1v) is 8.74. The highest BCUT2D eigenvalue weighted by Gasteiger charge is 2.09. The molecule has 0 aliphatic rings. The van der Waals surface area contributed by atoms with E-state index >= 15 is 0 Å². The average molecular weight is 288 g/mol. The van der Waals surface area contributed by atoms with Gasteiger partial charge in [0, 0.05) is 10.6 Å². The number of rotatable bonds is 8. The van der Waals surface area contributed by atoms with Crippen LogP contribution in [-0.2, 0) is 10.0 Å². The molecule has 0 aromatic heterocycles. The lowest BCUT2D eigenvalue weighted by atomic mass is 10.3. The molecule has 18 heavy (non-hydrogen) atoms. The minimum atomic E-state index is -3.23. The Morgan fingerprint density at radius 3 is 2.72 bits per heavy atom. The Labute approximate surface area is 114 Å². The van der Waals surface area contributed by atoms with Crippen LogP contribution in [0.3, 0.4) is 0 Å². The van der Waals surface area contributed by atoms with E-state index in [0.717, 1.165) is 17.9 Å². The number of hydrogen-bond donors (Lipinski definition) is 2. The second kappa shape index (κ2) is 7.66. The molecule has 1 rings (SSSR count). The third kappa shape index (κ3) is 5.75. The van der Waals surface area contributed by atoms with E-state index in [1.807, 2.05) is 31.5 Å². The number of anilines is 1. The van der Waals surface area contributed by atoms with Gasteiger partial charge >= 0.3 is 0 Å². The van der Waals surface area contributed by atoms with Crippen molar-refractivity contribution in [3.8, 4) is 0 Å². The average Bonchev–Trinajstić information content (AvgIpc) is 2.34. The number of hydrogen-bond acceptors (Lipinski definition) is 4. The van der Waals surface area contributed by atoms with Gasteiger partial charge in [0.15, 0.2) is 0 Å². The first-order valence-electron chi connectivity index (χ1n) is 5.86. The van der Waals surface area contributed by atoms with E-state index in [4.69, 9.17) is 0 Å². The van der Waals surface area contributed by atoms with Crippen LogP contribution in [0, 0.1) is 0 Å². The first-order chi connectivity index (χ1) is 8.57. The van der Waals surface area contributed by atoms with Gasteiger partial charge in [-0.15, -0.1) is 11.8 Å². The van der Waals surface area contributed by atoms with Gasteiger partial charge in [0.05, 0.1) is 5.75 Å². The molecule has 0 fully saturated rings. The van der Waals surface area contributed by atoms with Gasteiger partial charge in [-0.05, 0) is 50.9 Å². The summed E-state index contributed by atoms with van der Waals surface area (Å²) in [7, 11) is -1.37. The summed E-state index contributed by atoms with van der Waals surface area (Å²) < 4.78 is 26.3. The van der Waals surface area contributed by atoms with Crippen molar-refractivity contribution in [3.05, 3.63) is 24.3 Å². The summed E-state index contributed by atoms with van der Waals surface area (Å²) in [5, 5.41) is 3.00. The Morgan fingerprint density at radius 1 is 1.28 bits per heavy atom. The lowest BCUT2D eigenvalue weighted by molar-refractivity contribution is 0.595. The molecule has 2 N–H and O–H groups in total. The zero-order valence-corrected chi connectivity index (χ0v) is 12.4. The summed E-state index contributed by atoms with van der Waals surface area (Å²) >= 11 is 1.59. The number of unbranched alkanes of at least 4 members (excludes halogenated alkanes) is 1. The summed E-state index contributed by atoms with van der Waals surface area (Å²) in [6.45, 7) is 0.845. The molecule has 0 saturated heterocycles. The zero-order valence-electron chi connectivity index (χ0n) is 10.8. The molecule has 4 nitrogen and oxygen atoms in total. The quantitative estimate of drug-likeness (QED) is 0.568. The molecule has 0 aliphatic heterocycles. The maximum Gasteiger partial charge on any atom is 0.232 e. The van der Waals surface area contributed by atoms with Gasteiger partial charge in [-0.3, -0.25) is 4.72 Å². The first kappa shape index (κ1) is 15.3. The summed E-state index contributed by atoms with van der Waals surface area (Å²) in [5.41, 5.74) is 0.635. The monoisotopic (exact) mass is 288 g/mol. The highest BCUT2D eigenvalue weighted by Crippen LogP contribution is 2.19. The van der Waals surface area contributed by atoms with Crippen molar-refractivity contribution in [2.24, 2.45) is 0 Å². The van der Waals surface area contributed by atoms with E-state index < -0.39 is 10.0 Å². The fraction of sp³-hybridized carbons (Fsp3) is 0.500. The summed E-state index contributed by atoms with van der Waals surface area (Å²) in [6, 6.07) is 7.42. The van der Waals surface area contributed by atoms with Crippen molar-refractivity contribution in [2.75, 3.05) is 30.3 Å². The van der Waals surface area contributed by atoms with Crippen LogP contribution in [0.1, 0.15) is 12.8 Å². The summed E-state index contributed by atoms with van der Waals surface area (Å²) in [4.78, 5) is 1.05. The van der Waals surface area contributed by atoms with Gasteiger partial charge in [-0.1, -0.05) is 6.07 Å². The van der Waals surface area contributed by atoms with Crippen LogP contribution in [0.25, 0.3) is 0 Å². The van der Waals surface area contributed by atoms with Gasteiger partial charge < -0.3 is 5.32 Å². The second-order valence-corrected chi connectivity index (χ2v) is 6.69. The highest BCUT2D eigenvalue weighted by molar-refractivity contribution is 7.98. The topological polar surface area (TPSA) is 58.2 Å². The van der Waals surface area contributed by atoms with Crippen LogP contribution in [0.5, 0.6) is 0 Å². The van der Waals surface area contributed by atoms with Gasteiger partial charge in [0.2, 0.25) is 10.0 Å². The Kier molecular flexibility index (Phi) is 6.52. The van der Waals surface area contributed by atoms with Crippen molar-refractivity contribution in [1.82, 2.24) is 5.32 Å². The highest BCUT2D eigenvalue weighted by atomic mass is 32.2. The smallest absolute Gasteiger partial charge is 0.232 e. The minimum Gasteiger partial charge on any atom is -0.320 e. The van der Waals surface area contributed by atoms with E-state index in [1.54, 1.807) is 17.8 Å². The van der Waals surface area contributed by atoms with E-state index in [9.17, 15) is 8.42 Å². The molecular weight excluding hydrogens is 268 g/mol. The molecule has 0 atom stereocenters. The zero-order chi connectivity index (χ0) is 13.4. The molecule has 0 radical (unpaired) electrons. The van der Waals surface area contributed by atoms with Crippen molar-refractivity contribution < 1.29 is 8.42 Å². The third-order valence-corrected chi connectivity index (χ3v) is 4.53. The SMILES string of the molecule is CNCCCCS(=O)(=O)Nc1cccc(SC)c1. The van der Waals surface area contributed by atoms with E-state index in [0.29, 0.717) is 12.1 Å². The molecule has 1 aromatic rings. The van der Waals surface area contributed by atoms with Gasteiger partial charge in [-0.25, -0.2) is 8.42 Å².